The fraction of sp³-hybridized carbons (Fsp3) is 0. The minimum absolute atomic E-state index is 0.0650. The van der Waals surface area contributed by atoms with Gasteiger partial charge in [0.25, 0.3) is 0 Å². The largest absolute Gasteiger partial charge is 0.504 e. The van der Waals surface area contributed by atoms with Crippen LogP contribution in [0.3, 0.4) is 0 Å². The Bertz CT molecular complexity index is 558. The summed E-state index contributed by atoms with van der Waals surface area (Å²) in [4.78, 5) is 7.45. The molecule has 0 saturated heterocycles. The lowest BCUT2D eigenvalue weighted by atomic mass is 10.2. The smallest absolute Gasteiger partial charge is 0.223 e. The summed E-state index contributed by atoms with van der Waals surface area (Å²) in [6.45, 7) is 0. The highest BCUT2D eigenvalue weighted by Gasteiger charge is 2.00. The minimum Gasteiger partial charge on any atom is -0.504 e. The van der Waals surface area contributed by atoms with Crippen molar-refractivity contribution in [3.8, 4) is 17.6 Å². The monoisotopic (exact) mass is 230 g/mol. The summed E-state index contributed by atoms with van der Waals surface area (Å²) in [6.07, 6.45) is 1.23. The summed E-state index contributed by atoms with van der Waals surface area (Å²) in [5, 5.41) is 9.49. The van der Waals surface area contributed by atoms with Gasteiger partial charge in [0.1, 0.15) is 0 Å². The molecule has 4 heteroatoms. The summed E-state index contributed by atoms with van der Waals surface area (Å²) in [7, 11) is 0. The van der Waals surface area contributed by atoms with Crippen LogP contribution in [0.2, 0.25) is 5.28 Å². The third kappa shape index (κ3) is 2.50. The number of aromatic hydroxyl groups is 1. The van der Waals surface area contributed by atoms with Crippen LogP contribution in [0.1, 0.15) is 11.3 Å². The second-order valence-electron chi connectivity index (χ2n) is 2.99. The first-order valence-corrected chi connectivity index (χ1v) is 4.92. The average Bonchev–Trinajstić information content (AvgIpc) is 2.32. The van der Waals surface area contributed by atoms with Gasteiger partial charge >= 0.3 is 0 Å². The lowest BCUT2D eigenvalue weighted by Crippen LogP contribution is -1.87. The van der Waals surface area contributed by atoms with Gasteiger partial charge in [-0.25, -0.2) is 9.97 Å². The Balaban J connectivity index is 2.34. The van der Waals surface area contributed by atoms with Gasteiger partial charge in [-0.2, -0.15) is 0 Å². The fourth-order valence-corrected chi connectivity index (χ4v) is 1.23. The van der Waals surface area contributed by atoms with Crippen LogP contribution in [-0.4, -0.2) is 15.1 Å². The lowest BCUT2D eigenvalue weighted by Gasteiger charge is -1.94. The van der Waals surface area contributed by atoms with Crippen LogP contribution in [0.25, 0.3) is 0 Å². The van der Waals surface area contributed by atoms with E-state index in [2.05, 4.69) is 21.8 Å². The highest BCUT2D eigenvalue weighted by Crippen LogP contribution is 2.13. The summed E-state index contributed by atoms with van der Waals surface area (Å²) in [6, 6.07) is 9.41. The molecule has 0 aliphatic carbocycles. The molecule has 0 aliphatic heterocycles. The van der Waals surface area contributed by atoms with Crippen LogP contribution in [0, 0.1) is 11.8 Å². The molecule has 1 aromatic carbocycles. The van der Waals surface area contributed by atoms with E-state index < -0.39 is 0 Å². The molecule has 1 N–H and O–H groups in total. The normalized spacial score (nSPS) is 9.31. The Hall–Kier alpha value is -2.05. The standard InChI is InChI=1S/C12H7ClN2O/c13-12-14-8-11(16)10(15-12)7-6-9-4-2-1-3-5-9/h1-5,8,16H. The Morgan fingerprint density at radius 2 is 1.88 bits per heavy atom. The van der Waals surface area contributed by atoms with Crippen molar-refractivity contribution < 1.29 is 5.11 Å². The van der Waals surface area contributed by atoms with Crippen LogP contribution in [-0.2, 0) is 0 Å². The lowest BCUT2D eigenvalue weighted by molar-refractivity contribution is 0.467. The van der Waals surface area contributed by atoms with Gasteiger partial charge in [-0.1, -0.05) is 24.1 Å². The van der Waals surface area contributed by atoms with E-state index in [9.17, 15) is 5.11 Å². The number of hydrogen-bond acceptors (Lipinski definition) is 3. The maximum Gasteiger partial charge on any atom is 0.223 e. The summed E-state index contributed by atoms with van der Waals surface area (Å²) < 4.78 is 0. The van der Waals surface area contributed by atoms with Gasteiger partial charge in [-0.3, -0.25) is 0 Å². The van der Waals surface area contributed by atoms with E-state index in [4.69, 9.17) is 11.6 Å². The summed E-state index contributed by atoms with van der Waals surface area (Å²) in [5.41, 5.74) is 1.07. The predicted molar refractivity (Wildman–Crippen MR) is 61.1 cm³/mol. The van der Waals surface area contributed by atoms with Gasteiger partial charge in [-0.15, -0.1) is 0 Å². The Kier molecular flexibility index (Phi) is 3.04. The van der Waals surface area contributed by atoms with E-state index in [-0.39, 0.29) is 16.7 Å². The predicted octanol–water partition coefficient (Wildman–Crippen LogP) is 2.24. The zero-order valence-electron chi connectivity index (χ0n) is 8.18. The number of rotatable bonds is 0. The molecule has 1 aromatic heterocycles. The van der Waals surface area contributed by atoms with E-state index in [0.717, 1.165) is 5.56 Å². The van der Waals surface area contributed by atoms with Crippen molar-refractivity contribution in [3.63, 3.8) is 0 Å². The zero-order chi connectivity index (χ0) is 11.4. The third-order valence-electron chi connectivity index (χ3n) is 1.84. The van der Waals surface area contributed by atoms with Gasteiger partial charge in [0, 0.05) is 5.56 Å². The van der Waals surface area contributed by atoms with Crippen molar-refractivity contribution in [2.75, 3.05) is 0 Å². The first-order chi connectivity index (χ1) is 7.75. The molecule has 16 heavy (non-hydrogen) atoms. The molecule has 2 aromatic rings. The topological polar surface area (TPSA) is 46.0 Å². The molecular weight excluding hydrogens is 224 g/mol. The molecule has 0 spiro atoms. The van der Waals surface area contributed by atoms with Crippen LogP contribution < -0.4 is 0 Å². The fourth-order valence-electron chi connectivity index (χ4n) is 1.10. The number of nitrogens with zero attached hydrogens (tertiary/aromatic N) is 2. The van der Waals surface area contributed by atoms with Crippen molar-refractivity contribution in [1.82, 2.24) is 9.97 Å². The van der Waals surface area contributed by atoms with Gasteiger partial charge < -0.3 is 5.11 Å². The van der Waals surface area contributed by atoms with Crippen LogP contribution in [0.5, 0.6) is 5.75 Å². The molecule has 2 rings (SSSR count). The molecule has 0 saturated carbocycles. The van der Waals surface area contributed by atoms with Crippen molar-refractivity contribution in [2.24, 2.45) is 0 Å². The second-order valence-corrected chi connectivity index (χ2v) is 3.33. The van der Waals surface area contributed by atoms with E-state index in [1.165, 1.54) is 6.20 Å². The zero-order valence-corrected chi connectivity index (χ0v) is 8.94. The maximum absolute atomic E-state index is 9.43. The molecular formula is C12H7ClN2O. The molecule has 3 nitrogen and oxygen atoms in total. The molecule has 0 atom stereocenters. The van der Waals surface area contributed by atoms with Crippen molar-refractivity contribution in [3.05, 3.63) is 53.1 Å². The highest BCUT2D eigenvalue weighted by molar-refractivity contribution is 6.28. The molecule has 0 bridgehead atoms. The quantitative estimate of drug-likeness (QED) is 0.558. The third-order valence-corrected chi connectivity index (χ3v) is 2.02. The van der Waals surface area contributed by atoms with Gasteiger partial charge in [0.15, 0.2) is 11.4 Å². The van der Waals surface area contributed by atoms with Crippen LogP contribution >= 0.6 is 11.6 Å². The van der Waals surface area contributed by atoms with Crippen LogP contribution in [0.4, 0.5) is 0 Å². The van der Waals surface area contributed by atoms with Gasteiger partial charge in [0.2, 0.25) is 5.28 Å². The highest BCUT2D eigenvalue weighted by atomic mass is 35.5. The molecule has 0 radical (unpaired) electrons. The Morgan fingerprint density at radius 3 is 2.62 bits per heavy atom. The number of hydrogen-bond donors (Lipinski definition) is 1. The van der Waals surface area contributed by atoms with E-state index in [1.54, 1.807) is 0 Å². The minimum atomic E-state index is -0.0761. The Labute approximate surface area is 97.8 Å². The second kappa shape index (κ2) is 4.65. The molecule has 1 heterocycles. The first-order valence-electron chi connectivity index (χ1n) is 4.54. The van der Waals surface area contributed by atoms with E-state index >= 15 is 0 Å². The first kappa shape index (κ1) is 10.5. The maximum atomic E-state index is 9.43. The van der Waals surface area contributed by atoms with Crippen molar-refractivity contribution >= 4 is 11.6 Å². The summed E-state index contributed by atoms with van der Waals surface area (Å²) >= 11 is 5.60. The van der Waals surface area contributed by atoms with Crippen molar-refractivity contribution in [1.29, 1.82) is 0 Å². The van der Waals surface area contributed by atoms with Gasteiger partial charge in [0.05, 0.1) is 6.20 Å². The molecule has 0 fully saturated rings. The average molecular weight is 231 g/mol. The van der Waals surface area contributed by atoms with Gasteiger partial charge in [-0.05, 0) is 29.7 Å². The number of benzene rings is 1. The van der Waals surface area contributed by atoms with Crippen molar-refractivity contribution in [2.45, 2.75) is 0 Å². The summed E-state index contributed by atoms with van der Waals surface area (Å²) in [5.74, 6) is 5.53. The van der Waals surface area contributed by atoms with E-state index in [1.807, 2.05) is 30.3 Å². The Morgan fingerprint density at radius 1 is 1.12 bits per heavy atom. The molecule has 0 aliphatic rings. The molecule has 78 valence electrons. The number of halogens is 1. The van der Waals surface area contributed by atoms with E-state index in [0.29, 0.717) is 0 Å². The number of aromatic nitrogens is 2. The van der Waals surface area contributed by atoms with Crippen LogP contribution in [0.15, 0.2) is 36.5 Å². The molecule has 0 amide bonds. The SMILES string of the molecule is Oc1cnc(Cl)nc1C#Cc1ccccc1. The molecule has 0 unspecified atom stereocenters.